The monoisotopic (exact) mass is 256 g/mol. The molecule has 2 aliphatic heterocycles. The quantitative estimate of drug-likeness (QED) is 0.713. The largest absolute Gasteiger partial charge is 0.343 e. The summed E-state index contributed by atoms with van der Waals surface area (Å²) in [5.41, 5.74) is 4.42. The molecule has 0 atom stereocenters. The van der Waals surface area contributed by atoms with E-state index in [1.165, 1.54) is 11.1 Å². The zero-order chi connectivity index (χ0) is 13.4. The van der Waals surface area contributed by atoms with Gasteiger partial charge >= 0.3 is 0 Å². The number of carbonyl (C=O) groups excluding carboxylic acids is 2. The summed E-state index contributed by atoms with van der Waals surface area (Å²) >= 11 is 0. The van der Waals surface area contributed by atoms with Crippen LogP contribution in [0.5, 0.6) is 0 Å². The van der Waals surface area contributed by atoms with Crippen molar-refractivity contribution in [3.63, 3.8) is 0 Å². The van der Waals surface area contributed by atoms with Crippen molar-refractivity contribution in [2.24, 2.45) is 0 Å². The van der Waals surface area contributed by atoms with E-state index in [1.54, 1.807) is 11.0 Å². The number of nitrogens with zero attached hydrogens (tertiary/aromatic N) is 1. The second-order valence-corrected chi connectivity index (χ2v) is 5.06. The van der Waals surface area contributed by atoms with Crippen LogP contribution in [0.3, 0.4) is 0 Å². The van der Waals surface area contributed by atoms with Crippen molar-refractivity contribution in [2.75, 3.05) is 13.1 Å². The number of fused-ring (bicyclic) bond motifs is 4. The topological polar surface area (TPSA) is 49.4 Å². The first kappa shape index (κ1) is 12.0. The van der Waals surface area contributed by atoms with Gasteiger partial charge in [0.15, 0.2) is 0 Å². The molecule has 1 N–H and O–H groups in total. The predicted molar refractivity (Wildman–Crippen MR) is 72.0 cm³/mol. The fraction of sp³-hybridized carbons (Fsp3) is 0.333. The van der Waals surface area contributed by atoms with Crippen molar-refractivity contribution < 1.29 is 9.59 Å². The van der Waals surface area contributed by atoms with Crippen LogP contribution < -0.4 is 5.32 Å². The number of hydrogen-bond donors (Lipinski definition) is 1. The van der Waals surface area contributed by atoms with E-state index in [9.17, 15) is 9.59 Å². The van der Waals surface area contributed by atoms with E-state index in [1.807, 2.05) is 12.2 Å². The number of rotatable bonds is 0. The smallest absolute Gasteiger partial charge is 0.246 e. The Balaban J connectivity index is 2.11. The van der Waals surface area contributed by atoms with Crippen molar-refractivity contribution in [2.45, 2.75) is 19.8 Å². The first-order valence-corrected chi connectivity index (χ1v) is 6.51. The van der Waals surface area contributed by atoms with Gasteiger partial charge in [-0.05, 0) is 25.3 Å². The third-order valence-electron chi connectivity index (χ3n) is 3.84. The van der Waals surface area contributed by atoms with E-state index in [2.05, 4.69) is 18.3 Å². The number of nitrogens with one attached hydrogen (secondary N) is 1. The van der Waals surface area contributed by atoms with Gasteiger partial charge in [-0.25, -0.2) is 0 Å². The zero-order valence-electron chi connectivity index (χ0n) is 10.9. The predicted octanol–water partition coefficient (Wildman–Crippen LogP) is 1.44. The van der Waals surface area contributed by atoms with E-state index < -0.39 is 0 Å². The van der Waals surface area contributed by atoms with Gasteiger partial charge in [0.25, 0.3) is 0 Å². The van der Waals surface area contributed by atoms with Crippen molar-refractivity contribution >= 4 is 11.8 Å². The fourth-order valence-corrected chi connectivity index (χ4v) is 2.72. The van der Waals surface area contributed by atoms with Crippen LogP contribution in [-0.4, -0.2) is 29.8 Å². The van der Waals surface area contributed by atoms with Crippen molar-refractivity contribution in [1.29, 1.82) is 0 Å². The van der Waals surface area contributed by atoms with E-state index in [0.717, 1.165) is 24.1 Å². The number of allylic oxidation sites excluding steroid dienone is 5. The lowest BCUT2D eigenvalue weighted by Gasteiger charge is -2.22. The van der Waals surface area contributed by atoms with Gasteiger partial charge in [-0.3, -0.25) is 9.59 Å². The minimum atomic E-state index is -0.191. The van der Waals surface area contributed by atoms with Crippen LogP contribution in [0, 0.1) is 0 Å². The van der Waals surface area contributed by atoms with E-state index in [4.69, 9.17) is 0 Å². The molecule has 3 aliphatic rings. The Morgan fingerprint density at radius 3 is 3.00 bits per heavy atom. The second-order valence-electron chi connectivity index (χ2n) is 5.06. The summed E-state index contributed by atoms with van der Waals surface area (Å²) in [6.07, 6.45) is 9.33. The molecule has 2 amide bonds. The van der Waals surface area contributed by atoms with Gasteiger partial charge in [0.1, 0.15) is 0 Å². The second kappa shape index (κ2) is 4.53. The van der Waals surface area contributed by atoms with Crippen LogP contribution >= 0.6 is 0 Å². The summed E-state index contributed by atoms with van der Waals surface area (Å²) in [6.45, 7) is 2.83. The molecule has 98 valence electrons. The molecule has 0 unspecified atom stereocenters. The van der Waals surface area contributed by atoms with Gasteiger partial charge in [-0.2, -0.15) is 0 Å². The van der Waals surface area contributed by atoms with Crippen LogP contribution in [-0.2, 0) is 9.59 Å². The molecular formula is C15H16N2O2. The molecule has 2 bridgehead atoms. The molecule has 4 nitrogen and oxygen atoms in total. The molecule has 1 fully saturated rings. The molecule has 4 heteroatoms. The standard InChI is InChI=1S/C15H16N2O2/c1-10-3-2-4-12-7-11(10)5-6-17-13(12)8-14(18)16-9-15(17)19/h2-4,8H,5-7,9H2,1H3,(H,16,18). The summed E-state index contributed by atoms with van der Waals surface area (Å²) < 4.78 is 0. The molecule has 0 aromatic rings. The van der Waals surface area contributed by atoms with Crippen molar-refractivity contribution in [3.8, 4) is 0 Å². The maximum atomic E-state index is 12.1. The highest BCUT2D eigenvalue weighted by Gasteiger charge is 2.28. The van der Waals surface area contributed by atoms with Crippen LogP contribution in [0.4, 0.5) is 0 Å². The first-order chi connectivity index (χ1) is 9.15. The Hall–Kier alpha value is -2.10. The molecule has 0 saturated carbocycles. The number of hydrogen-bond acceptors (Lipinski definition) is 2. The highest BCUT2D eigenvalue weighted by molar-refractivity contribution is 5.96. The summed E-state index contributed by atoms with van der Waals surface area (Å²) in [5, 5.41) is 2.61. The number of carbonyl (C=O) groups is 2. The van der Waals surface area contributed by atoms with Crippen molar-refractivity contribution in [3.05, 3.63) is 46.7 Å². The molecule has 19 heavy (non-hydrogen) atoms. The molecule has 3 rings (SSSR count). The van der Waals surface area contributed by atoms with E-state index >= 15 is 0 Å². The molecule has 2 heterocycles. The normalized spacial score (nSPS) is 22.9. The maximum Gasteiger partial charge on any atom is 0.246 e. The Bertz CT molecular complexity index is 579. The average Bonchev–Trinajstić information content (AvgIpc) is 2.73. The lowest BCUT2D eigenvalue weighted by molar-refractivity contribution is -0.129. The van der Waals surface area contributed by atoms with Gasteiger partial charge in [0.2, 0.25) is 11.8 Å². The maximum absolute atomic E-state index is 12.1. The summed E-state index contributed by atoms with van der Waals surface area (Å²) in [4.78, 5) is 25.5. The molecule has 0 spiro atoms. The van der Waals surface area contributed by atoms with Crippen LogP contribution in [0.2, 0.25) is 0 Å². The Morgan fingerprint density at radius 1 is 1.32 bits per heavy atom. The van der Waals surface area contributed by atoms with Crippen LogP contribution in [0.1, 0.15) is 19.8 Å². The highest BCUT2D eigenvalue weighted by Crippen LogP contribution is 2.33. The summed E-state index contributed by atoms with van der Waals surface area (Å²) in [7, 11) is 0. The summed E-state index contributed by atoms with van der Waals surface area (Å²) in [5.74, 6) is -0.226. The van der Waals surface area contributed by atoms with E-state index in [-0.39, 0.29) is 18.4 Å². The fourth-order valence-electron chi connectivity index (χ4n) is 2.72. The van der Waals surface area contributed by atoms with Gasteiger partial charge in [-0.1, -0.05) is 29.4 Å². The summed E-state index contributed by atoms with van der Waals surface area (Å²) in [6, 6.07) is 0. The van der Waals surface area contributed by atoms with Gasteiger partial charge in [0, 0.05) is 12.6 Å². The molecule has 0 radical (unpaired) electrons. The molecule has 1 aliphatic carbocycles. The lowest BCUT2D eigenvalue weighted by atomic mass is 10.00. The van der Waals surface area contributed by atoms with Crippen molar-refractivity contribution in [1.82, 2.24) is 10.2 Å². The average molecular weight is 256 g/mol. The van der Waals surface area contributed by atoms with Gasteiger partial charge < -0.3 is 10.2 Å². The Morgan fingerprint density at radius 2 is 2.16 bits per heavy atom. The Kier molecular flexibility index (Phi) is 2.85. The van der Waals surface area contributed by atoms with Gasteiger partial charge in [0.05, 0.1) is 12.2 Å². The Labute approximate surface area is 112 Å². The third-order valence-corrected chi connectivity index (χ3v) is 3.84. The third kappa shape index (κ3) is 2.14. The molecule has 1 saturated heterocycles. The minimum Gasteiger partial charge on any atom is -0.343 e. The van der Waals surface area contributed by atoms with E-state index in [0.29, 0.717) is 6.54 Å². The zero-order valence-corrected chi connectivity index (χ0v) is 10.9. The molecule has 0 aromatic heterocycles. The molecule has 0 aromatic carbocycles. The van der Waals surface area contributed by atoms with Crippen LogP contribution in [0.25, 0.3) is 0 Å². The lowest BCUT2D eigenvalue weighted by Crippen LogP contribution is -2.36. The number of amides is 2. The van der Waals surface area contributed by atoms with Crippen LogP contribution in [0.15, 0.2) is 46.7 Å². The first-order valence-electron chi connectivity index (χ1n) is 6.51. The molecular weight excluding hydrogens is 240 g/mol. The highest BCUT2D eigenvalue weighted by atomic mass is 16.2. The van der Waals surface area contributed by atoms with Gasteiger partial charge in [-0.15, -0.1) is 0 Å². The minimum absolute atomic E-state index is 0.0357. The SMILES string of the molecule is CC1=C2CCN3C(=O)CNC(=O)C=C3C(=CC=C1)C2.